The molecule has 27 heavy (non-hydrogen) atoms. The zero-order valence-electron chi connectivity index (χ0n) is 15.9. The van der Waals surface area contributed by atoms with Crippen LogP contribution in [0.4, 0.5) is 14.7 Å². The number of anilines is 1. The molecule has 1 aliphatic heterocycles. The zero-order valence-corrected chi connectivity index (χ0v) is 15.9. The summed E-state index contributed by atoms with van der Waals surface area (Å²) in [6.45, 7) is 5.79. The van der Waals surface area contributed by atoms with Crippen LogP contribution in [0.5, 0.6) is 0 Å². The van der Waals surface area contributed by atoms with Crippen molar-refractivity contribution in [2.24, 2.45) is 5.92 Å². The summed E-state index contributed by atoms with van der Waals surface area (Å²) in [5, 5.41) is 3.18. The molecular weight excluding hydrogens is 346 g/mol. The van der Waals surface area contributed by atoms with E-state index in [9.17, 15) is 8.78 Å². The molecule has 4 nitrogen and oxygen atoms in total. The molecule has 0 radical (unpaired) electrons. The van der Waals surface area contributed by atoms with Gasteiger partial charge in [-0.2, -0.15) is 0 Å². The molecule has 1 aliphatic rings. The number of nitrogens with zero attached hydrogens (tertiary/aromatic N) is 3. The van der Waals surface area contributed by atoms with Gasteiger partial charge in [-0.3, -0.25) is 4.90 Å². The number of likely N-dealkylation sites (tertiary alicyclic amines) is 1. The van der Waals surface area contributed by atoms with Crippen molar-refractivity contribution in [2.45, 2.75) is 45.6 Å². The second-order valence-electron chi connectivity index (χ2n) is 7.32. The lowest BCUT2D eigenvalue weighted by Gasteiger charge is -2.32. The van der Waals surface area contributed by atoms with Crippen molar-refractivity contribution in [3.63, 3.8) is 0 Å². The predicted molar refractivity (Wildman–Crippen MR) is 103 cm³/mol. The van der Waals surface area contributed by atoms with Crippen LogP contribution in [0.1, 0.15) is 43.7 Å². The Balaban J connectivity index is 1.50. The summed E-state index contributed by atoms with van der Waals surface area (Å²) in [5.74, 6) is 0.265. The number of halogens is 2. The highest BCUT2D eigenvalue weighted by Gasteiger charge is 2.21. The van der Waals surface area contributed by atoms with E-state index in [4.69, 9.17) is 0 Å². The van der Waals surface area contributed by atoms with Crippen LogP contribution in [-0.2, 0) is 13.0 Å². The average molecular weight is 374 g/mol. The number of piperidine rings is 1. The summed E-state index contributed by atoms with van der Waals surface area (Å²) < 4.78 is 27.6. The molecule has 1 saturated heterocycles. The van der Waals surface area contributed by atoms with Crippen molar-refractivity contribution in [3.05, 3.63) is 53.4 Å². The van der Waals surface area contributed by atoms with Crippen molar-refractivity contribution in [1.82, 2.24) is 14.9 Å². The van der Waals surface area contributed by atoms with Crippen molar-refractivity contribution in [1.29, 1.82) is 0 Å². The summed E-state index contributed by atoms with van der Waals surface area (Å²) in [5.41, 5.74) is 1.32. The van der Waals surface area contributed by atoms with Gasteiger partial charge >= 0.3 is 0 Å². The van der Waals surface area contributed by atoms with E-state index in [2.05, 4.69) is 27.1 Å². The minimum absolute atomic E-state index is 0.221. The number of benzene rings is 1. The van der Waals surface area contributed by atoms with E-state index in [0.29, 0.717) is 18.3 Å². The van der Waals surface area contributed by atoms with E-state index in [0.717, 1.165) is 57.4 Å². The molecule has 146 valence electrons. The molecule has 1 unspecified atom stereocenters. The Kier molecular flexibility index (Phi) is 7.10. The maximum atomic E-state index is 13.8. The molecule has 0 aliphatic carbocycles. The van der Waals surface area contributed by atoms with Gasteiger partial charge in [0.1, 0.15) is 11.6 Å². The van der Waals surface area contributed by atoms with Crippen LogP contribution in [0.2, 0.25) is 0 Å². The fraction of sp³-hybridized carbons (Fsp3) is 0.524. The van der Waals surface area contributed by atoms with Crippen LogP contribution in [0.15, 0.2) is 30.6 Å². The number of nitrogens with one attached hydrogen (secondary N) is 1. The Hall–Kier alpha value is -2.08. The van der Waals surface area contributed by atoms with Gasteiger partial charge in [-0.1, -0.05) is 13.0 Å². The average Bonchev–Trinajstić information content (AvgIpc) is 2.67. The van der Waals surface area contributed by atoms with Crippen LogP contribution in [0.3, 0.4) is 0 Å². The molecule has 1 fully saturated rings. The first-order chi connectivity index (χ1) is 13.2. The first-order valence-corrected chi connectivity index (χ1v) is 9.85. The van der Waals surface area contributed by atoms with Gasteiger partial charge in [0.2, 0.25) is 5.95 Å². The molecule has 3 rings (SSSR count). The first-order valence-electron chi connectivity index (χ1n) is 9.85. The van der Waals surface area contributed by atoms with Gasteiger partial charge < -0.3 is 5.32 Å². The summed E-state index contributed by atoms with van der Waals surface area (Å²) in [4.78, 5) is 11.1. The van der Waals surface area contributed by atoms with Gasteiger partial charge in [0, 0.05) is 43.2 Å². The van der Waals surface area contributed by atoms with E-state index in [-0.39, 0.29) is 5.56 Å². The Morgan fingerprint density at radius 3 is 2.63 bits per heavy atom. The molecular formula is C21H28F2N4. The Bertz CT molecular complexity index is 700. The zero-order chi connectivity index (χ0) is 19.1. The molecule has 2 aromatic rings. The third-order valence-electron chi connectivity index (χ3n) is 5.11. The second kappa shape index (κ2) is 9.74. The highest BCUT2D eigenvalue weighted by Crippen LogP contribution is 2.24. The lowest BCUT2D eigenvalue weighted by atomic mass is 9.91. The standard InChI is InChI=1S/C21H28F2N4/c1-2-10-24-21-25-12-17(13-26-21)15-27-11-4-5-16(14-27)8-9-18-19(22)6-3-7-20(18)23/h3,6-7,12-13,16H,2,4-5,8-11,14-15H2,1H3,(H,24,25,26). The van der Waals surface area contributed by atoms with E-state index < -0.39 is 11.6 Å². The largest absolute Gasteiger partial charge is 0.354 e. The summed E-state index contributed by atoms with van der Waals surface area (Å²) in [7, 11) is 0. The highest BCUT2D eigenvalue weighted by atomic mass is 19.1. The lowest BCUT2D eigenvalue weighted by molar-refractivity contribution is 0.161. The van der Waals surface area contributed by atoms with E-state index in [1.54, 1.807) is 0 Å². The Morgan fingerprint density at radius 1 is 1.19 bits per heavy atom. The SMILES string of the molecule is CCCNc1ncc(CN2CCCC(CCc3c(F)cccc3F)C2)cn1. The van der Waals surface area contributed by atoms with Gasteiger partial charge in [-0.25, -0.2) is 18.7 Å². The molecule has 0 bridgehead atoms. The number of hydrogen-bond acceptors (Lipinski definition) is 4. The molecule has 1 aromatic carbocycles. The van der Waals surface area contributed by atoms with Gasteiger partial charge in [-0.15, -0.1) is 0 Å². The van der Waals surface area contributed by atoms with Crippen molar-refractivity contribution < 1.29 is 8.78 Å². The molecule has 1 atom stereocenters. The summed E-state index contributed by atoms with van der Waals surface area (Å²) in [6.07, 6.45) is 8.29. The molecule has 1 N–H and O–H groups in total. The van der Waals surface area contributed by atoms with Crippen LogP contribution in [0.25, 0.3) is 0 Å². The predicted octanol–water partition coefficient (Wildman–Crippen LogP) is 4.42. The fourth-order valence-corrected chi connectivity index (χ4v) is 3.67. The van der Waals surface area contributed by atoms with Crippen LogP contribution >= 0.6 is 0 Å². The molecule has 1 aromatic heterocycles. The van der Waals surface area contributed by atoms with E-state index >= 15 is 0 Å². The topological polar surface area (TPSA) is 41.1 Å². The van der Waals surface area contributed by atoms with E-state index in [1.807, 2.05) is 12.4 Å². The monoisotopic (exact) mass is 374 g/mol. The van der Waals surface area contributed by atoms with Gasteiger partial charge in [-0.05, 0) is 56.7 Å². The lowest BCUT2D eigenvalue weighted by Crippen LogP contribution is -2.35. The summed E-state index contributed by atoms with van der Waals surface area (Å²) >= 11 is 0. The molecule has 6 heteroatoms. The van der Waals surface area contributed by atoms with Crippen LogP contribution in [-0.4, -0.2) is 34.5 Å². The first kappa shape index (κ1) is 19.7. The maximum absolute atomic E-state index is 13.8. The number of rotatable bonds is 8. The normalized spacial score (nSPS) is 17.8. The molecule has 0 saturated carbocycles. The smallest absolute Gasteiger partial charge is 0.222 e. The highest BCUT2D eigenvalue weighted by molar-refractivity contribution is 5.24. The van der Waals surface area contributed by atoms with Gasteiger partial charge in [0.05, 0.1) is 0 Å². The summed E-state index contributed by atoms with van der Waals surface area (Å²) in [6, 6.07) is 4.09. The van der Waals surface area contributed by atoms with Crippen LogP contribution < -0.4 is 5.32 Å². The Labute approximate surface area is 160 Å². The van der Waals surface area contributed by atoms with E-state index in [1.165, 1.54) is 18.2 Å². The van der Waals surface area contributed by atoms with Crippen molar-refractivity contribution in [3.8, 4) is 0 Å². The second-order valence-corrected chi connectivity index (χ2v) is 7.32. The quantitative estimate of drug-likeness (QED) is 0.743. The van der Waals surface area contributed by atoms with Crippen molar-refractivity contribution in [2.75, 3.05) is 25.0 Å². The molecule has 2 heterocycles. The minimum Gasteiger partial charge on any atom is -0.354 e. The van der Waals surface area contributed by atoms with Crippen LogP contribution in [0, 0.1) is 17.6 Å². The molecule has 0 amide bonds. The molecule has 0 spiro atoms. The number of hydrogen-bond donors (Lipinski definition) is 1. The third kappa shape index (κ3) is 5.70. The maximum Gasteiger partial charge on any atom is 0.222 e. The third-order valence-corrected chi connectivity index (χ3v) is 5.11. The van der Waals surface area contributed by atoms with Gasteiger partial charge in [0.25, 0.3) is 0 Å². The van der Waals surface area contributed by atoms with Crippen molar-refractivity contribution >= 4 is 5.95 Å². The Morgan fingerprint density at radius 2 is 1.93 bits per heavy atom. The van der Waals surface area contributed by atoms with Gasteiger partial charge in [0.15, 0.2) is 0 Å². The minimum atomic E-state index is -0.434. The fourth-order valence-electron chi connectivity index (χ4n) is 3.67. The number of aromatic nitrogens is 2.